The van der Waals surface area contributed by atoms with E-state index in [-0.39, 0.29) is 16.9 Å². The van der Waals surface area contributed by atoms with Crippen LogP contribution < -0.4 is 4.90 Å². The maximum Gasteiger partial charge on any atom is 0.271 e. The van der Waals surface area contributed by atoms with Crippen LogP contribution >= 0.6 is 23.4 Å². The highest BCUT2D eigenvalue weighted by Gasteiger charge is 2.34. The number of thioether (sulfide) groups is 1. The molecule has 0 radical (unpaired) electrons. The molecule has 7 heteroatoms. The van der Waals surface area contributed by atoms with Crippen LogP contribution in [-0.2, 0) is 4.79 Å². The van der Waals surface area contributed by atoms with Gasteiger partial charge in [-0.1, -0.05) is 41.9 Å². The predicted octanol–water partition coefficient (Wildman–Crippen LogP) is 5.68. The summed E-state index contributed by atoms with van der Waals surface area (Å²) in [5.74, 6) is -0.536. The van der Waals surface area contributed by atoms with Gasteiger partial charge in [0.1, 0.15) is 11.5 Å². The Bertz CT molecular complexity index is 1080. The number of nitrogens with zero attached hydrogens (tertiary/aromatic N) is 3. The third-order valence-corrected chi connectivity index (χ3v) is 5.20. The predicted molar refractivity (Wildman–Crippen MR) is 112 cm³/mol. The van der Waals surface area contributed by atoms with Gasteiger partial charge >= 0.3 is 0 Å². The molecule has 0 bridgehead atoms. The molecule has 0 aliphatic carbocycles. The molecular weight excluding hydrogens is 397 g/mol. The van der Waals surface area contributed by atoms with Gasteiger partial charge in [0.15, 0.2) is 10.3 Å². The van der Waals surface area contributed by atoms with Gasteiger partial charge in [-0.25, -0.2) is 14.4 Å². The van der Waals surface area contributed by atoms with Crippen molar-refractivity contribution in [2.45, 2.75) is 0 Å². The Labute approximate surface area is 170 Å². The molecule has 1 aliphatic rings. The standard InChI is InChI=1S/C21H13ClFN3OS/c22-19-17(7-4-12-24-19)25-21-26(16-5-2-1-3-6-16)20(27)18(28-21)13-14-8-10-15(23)11-9-14/h1-13H/b18-13-,25-21?. The summed E-state index contributed by atoms with van der Waals surface area (Å²) >= 11 is 7.36. The molecular formula is C21H13ClFN3OS. The Morgan fingerprint density at radius 1 is 1.04 bits per heavy atom. The molecule has 2 aromatic carbocycles. The number of pyridine rings is 1. The highest BCUT2D eigenvalue weighted by Crippen LogP contribution is 2.38. The molecule has 1 aromatic heterocycles. The van der Waals surface area contributed by atoms with E-state index in [4.69, 9.17) is 11.6 Å². The number of aromatic nitrogens is 1. The fraction of sp³-hybridized carbons (Fsp3) is 0. The zero-order valence-corrected chi connectivity index (χ0v) is 16.0. The highest BCUT2D eigenvalue weighted by atomic mass is 35.5. The molecule has 0 atom stereocenters. The van der Waals surface area contributed by atoms with Crippen molar-refractivity contribution in [2.24, 2.45) is 4.99 Å². The summed E-state index contributed by atoms with van der Waals surface area (Å²) in [6, 6.07) is 18.7. The van der Waals surface area contributed by atoms with E-state index in [1.807, 2.05) is 30.3 Å². The normalized spacial score (nSPS) is 16.9. The van der Waals surface area contributed by atoms with Crippen LogP contribution in [0.1, 0.15) is 5.56 Å². The summed E-state index contributed by atoms with van der Waals surface area (Å²) in [5, 5.41) is 0.728. The molecule has 0 N–H and O–H groups in total. The van der Waals surface area contributed by atoms with E-state index < -0.39 is 0 Å². The van der Waals surface area contributed by atoms with Crippen molar-refractivity contribution in [3.05, 3.63) is 94.4 Å². The number of amides is 1. The molecule has 138 valence electrons. The van der Waals surface area contributed by atoms with Crippen LogP contribution in [0.5, 0.6) is 0 Å². The fourth-order valence-corrected chi connectivity index (χ4v) is 3.78. The number of carbonyl (C=O) groups excluding carboxylic acids is 1. The second-order valence-corrected chi connectivity index (χ2v) is 7.21. The van der Waals surface area contributed by atoms with Gasteiger partial charge in [0.25, 0.3) is 5.91 Å². The van der Waals surface area contributed by atoms with Gasteiger partial charge in [-0.3, -0.25) is 9.69 Å². The minimum Gasteiger partial charge on any atom is -0.268 e. The molecule has 4 nitrogen and oxygen atoms in total. The van der Waals surface area contributed by atoms with E-state index in [0.717, 1.165) is 5.56 Å². The zero-order valence-electron chi connectivity index (χ0n) is 14.4. The lowest BCUT2D eigenvalue weighted by Crippen LogP contribution is -2.28. The van der Waals surface area contributed by atoms with Gasteiger partial charge in [0, 0.05) is 6.20 Å². The molecule has 4 rings (SSSR count). The number of benzene rings is 2. The first-order valence-electron chi connectivity index (χ1n) is 8.35. The zero-order chi connectivity index (χ0) is 19.5. The number of hydrogen-bond donors (Lipinski definition) is 0. The summed E-state index contributed by atoms with van der Waals surface area (Å²) in [6.07, 6.45) is 3.30. The molecule has 3 aromatic rings. The molecule has 1 fully saturated rings. The minimum absolute atomic E-state index is 0.209. The number of para-hydroxylation sites is 1. The first kappa shape index (κ1) is 18.4. The Balaban J connectivity index is 1.78. The van der Waals surface area contributed by atoms with E-state index in [1.165, 1.54) is 28.8 Å². The van der Waals surface area contributed by atoms with Crippen molar-refractivity contribution in [1.29, 1.82) is 0 Å². The van der Waals surface area contributed by atoms with Crippen LogP contribution in [-0.4, -0.2) is 16.1 Å². The Morgan fingerprint density at radius 2 is 1.79 bits per heavy atom. The maximum absolute atomic E-state index is 13.2. The van der Waals surface area contributed by atoms with E-state index in [1.54, 1.807) is 36.5 Å². The van der Waals surface area contributed by atoms with E-state index in [2.05, 4.69) is 9.98 Å². The van der Waals surface area contributed by atoms with Crippen molar-refractivity contribution < 1.29 is 9.18 Å². The number of aliphatic imine (C=N–C) groups is 1. The van der Waals surface area contributed by atoms with Crippen molar-refractivity contribution in [3.8, 4) is 0 Å². The number of hydrogen-bond acceptors (Lipinski definition) is 4. The lowest BCUT2D eigenvalue weighted by molar-refractivity contribution is -0.113. The molecule has 0 unspecified atom stereocenters. The first-order valence-corrected chi connectivity index (χ1v) is 9.55. The summed E-state index contributed by atoms with van der Waals surface area (Å²) in [6.45, 7) is 0. The summed E-state index contributed by atoms with van der Waals surface area (Å²) in [4.78, 5) is 23.7. The molecule has 1 saturated heterocycles. The molecule has 1 aliphatic heterocycles. The van der Waals surface area contributed by atoms with E-state index in [9.17, 15) is 9.18 Å². The van der Waals surface area contributed by atoms with Gasteiger partial charge < -0.3 is 0 Å². The number of rotatable bonds is 3. The van der Waals surface area contributed by atoms with Gasteiger partial charge in [0.2, 0.25) is 0 Å². The maximum atomic E-state index is 13.2. The lowest BCUT2D eigenvalue weighted by atomic mass is 10.2. The van der Waals surface area contributed by atoms with E-state index >= 15 is 0 Å². The quantitative estimate of drug-likeness (QED) is 0.412. The van der Waals surface area contributed by atoms with Crippen molar-refractivity contribution in [2.75, 3.05) is 4.90 Å². The number of halogens is 2. The molecule has 0 spiro atoms. The number of carbonyl (C=O) groups is 1. The average Bonchev–Trinajstić information content (AvgIpc) is 3.01. The van der Waals surface area contributed by atoms with Crippen LogP contribution in [0.2, 0.25) is 5.15 Å². The van der Waals surface area contributed by atoms with Gasteiger partial charge in [0.05, 0.1) is 10.6 Å². The van der Waals surface area contributed by atoms with Gasteiger partial charge in [-0.15, -0.1) is 0 Å². The van der Waals surface area contributed by atoms with Crippen molar-refractivity contribution in [3.63, 3.8) is 0 Å². The topological polar surface area (TPSA) is 45.6 Å². The molecule has 2 heterocycles. The third kappa shape index (κ3) is 3.83. The van der Waals surface area contributed by atoms with Gasteiger partial charge in [-0.2, -0.15) is 0 Å². The SMILES string of the molecule is O=C1/C(=C/c2ccc(F)cc2)SC(=Nc2cccnc2Cl)N1c1ccccc1. The van der Waals surface area contributed by atoms with Crippen LogP contribution in [0, 0.1) is 5.82 Å². The largest absolute Gasteiger partial charge is 0.271 e. The summed E-state index contributed by atoms with van der Waals surface area (Å²) in [5.41, 5.74) is 1.90. The Morgan fingerprint density at radius 3 is 2.50 bits per heavy atom. The van der Waals surface area contributed by atoms with Crippen molar-refractivity contribution in [1.82, 2.24) is 4.98 Å². The Kier molecular flexibility index (Phi) is 5.23. The summed E-state index contributed by atoms with van der Waals surface area (Å²) < 4.78 is 13.2. The third-order valence-electron chi connectivity index (χ3n) is 3.94. The second kappa shape index (κ2) is 7.96. The lowest BCUT2D eigenvalue weighted by Gasteiger charge is -2.15. The van der Waals surface area contributed by atoms with Gasteiger partial charge in [-0.05, 0) is 59.8 Å². The Hall–Kier alpha value is -2.96. The number of anilines is 1. The van der Waals surface area contributed by atoms with Crippen LogP contribution in [0.15, 0.2) is 82.8 Å². The smallest absolute Gasteiger partial charge is 0.268 e. The highest BCUT2D eigenvalue weighted by molar-refractivity contribution is 8.19. The molecule has 1 amide bonds. The second-order valence-electron chi connectivity index (χ2n) is 5.85. The van der Waals surface area contributed by atoms with Crippen LogP contribution in [0.25, 0.3) is 6.08 Å². The fourth-order valence-electron chi connectivity index (χ4n) is 2.63. The molecule has 28 heavy (non-hydrogen) atoms. The number of amidine groups is 1. The minimum atomic E-state index is -0.327. The summed E-state index contributed by atoms with van der Waals surface area (Å²) in [7, 11) is 0. The van der Waals surface area contributed by atoms with Crippen LogP contribution in [0.4, 0.5) is 15.8 Å². The monoisotopic (exact) mass is 409 g/mol. The van der Waals surface area contributed by atoms with Crippen LogP contribution in [0.3, 0.4) is 0 Å². The van der Waals surface area contributed by atoms with Crippen molar-refractivity contribution >= 4 is 51.9 Å². The first-order chi connectivity index (χ1) is 13.6. The average molecular weight is 410 g/mol. The van der Waals surface area contributed by atoms with E-state index in [0.29, 0.717) is 21.4 Å². The molecule has 0 saturated carbocycles.